The van der Waals surface area contributed by atoms with Crippen LogP contribution in [0, 0.1) is 0 Å². The first-order valence-corrected chi connectivity index (χ1v) is 9.06. The van der Waals surface area contributed by atoms with E-state index in [4.69, 9.17) is 25.8 Å². The predicted molar refractivity (Wildman–Crippen MR) is 89.5 cm³/mol. The maximum absolute atomic E-state index is 11.1. The van der Waals surface area contributed by atoms with Gasteiger partial charge < -0.3 is 24.4 Å². The lowest BCUT2D eigenvalue weighted by atomic mass is 9.69. The lowest BCUT2D eigenvalue weighted by Crippen LogP contribution is -2.65. The Morgan fingerprint density at radius 3 is 2.76 bits per heavy atom. The lowest BCUT2D eigenvalue weighted by Gasteiger charge is -2.52. The Bertz CT molecular complexity index is 768. The first-order valence-electron chi connectivity index (χ1n) is 8.52. The second kappa shape index (κ2) is 5.34. The average Bonchev–Trinajstić information content (AvgIpc) is 3.21. The van der Waals surface area contributed by atoms with Gasteiger partial charge in [-0.15, -0.1) is 0 Å². The molecule has 134 valence electrons. The van der Waals surface area contributed by atoms with Crippen molar-refractivity contribution in [3.05, 3.63) is 34.9 Å². The molecule has 7 heteroatoms. The average molecular weight is 367 g/mol. The molecule has 6 nitrogen and oxygen atoms in total. The number of aliphatic hydroxyl groups excluding tert-OH is 2. The van der Waals surface area contributed by atoms with Crippen molar-refractivity contribution < 1.29 is 28.9 Å². The van der Waals surface area contributed by atoms with Crippen LogP contribution in [0.5, 0.6) is 11.5 Å². The van der Waals surface area contributed by atoms with E-state index in [-0.39, 0.29) is 18.8 Å². The second-order valence-electron chi connectivity index (χ2n) is 7.39. The molecular formula is C18H21ClNO5+. The standard InChI is InChI=1S/C18H21ClNO5/c1-23-18-16(21)10-2-3-20(7-19)6-9-4-12-13(25-8-24-12)5-11(9)14(15(10)20)17(18)22/h2,4-5,14-18,21-22H,3,6-8H2,1H3/q+1/t14-,15+,16+,17-,18-,20?/m0/s1. The molecule has 1 aliphatic carbocycles. The zero-order valence-electron chi connectivity index (χ0n) is 13.9. The van der Waals surface area contributed by atoms with Gasteiger partial charge in [0.05, 0.1) is 18.6 Å². The van der Waals surface area contributed by atoms with Crippen LogP contribution in [0.4, 0.5) is 0 Å². The molecule has 3 heterocycles. The van der Waals surface area contributed by atoms with Crippen LogP contribution < -0.4 is 9.47 Å². The van der Waals surface area contributed by atoms with Crippen LogP contribution in [-0.2, 0) is 11.3 Å². The highest BCUT2D eigenvalue weighted by Crippen LogP contribution is 2.53. The van der Waals surface area contributed by atoms with E-state index in [0.717, 1.165) is 35.5 Å². The van der Waals surface area contributed by atoms with Gasteiger partial charge in [-0.2, -0.15) is 0 Å². The minimum absolute atomic E-state index is 0.0400. The zero-order chi connectivity index (χ0) is 17.3. The molecule has 2 N–H and O–H groups in total. The summed E-state index contributed by atoms with van der Waals surface area (Å²) in [5.74, 6) is 1.26. The van der Waals surface area contributed by atoms with Crippen molar-refractivity contribution in [3.63, 3.8) is 0 Å². The van der Waals surface area contributed by atoms with Gasteiger partial charge in [-0.05, 0) is 23.8 Å². The monoisotopic (exact) mass is 366 g/mol. The Hall–Kier alpha value is -1.31. The molecule has 0 aromatic heterocycles. The molecule has 0 amide bonds. The fraction of sp³-hybridized carbons (Fsp3) is 0.556. The number of aliphatic hydroxyl groups is 2. The van der Waals surface area contributed by atoms with Gasteiger partial charge in [0, 0.05) is 18.2 Å². The van der Waals surface area contributed by atoms with Crippen LogP contribution in [0.1, 0.15) is 17.0 Å². The van der Waals surface area contributed by atoms with Crippen molar-refractivity contribution in [1.82, 2.24) is 0 Å². The normalized spacial score (nSPS) is 40.5. The number of hydrogen-bond donors (Lipinski definition) is 2. The third kappa shape index (κ3) is 1.94. The summed E-state index contributed by atoms with van der Waals surface area (Å²) in [6.07, 6.45) is -0.200. The van der Waals surface area contributed by atoms with E-state index in [2.05, 4.69) is 6.08 Å². The van der Waals surface area contributed by atoms with Crippen LogP contribution in [0.15, 0.2) is 23.8 Å². The quantitative estimate of drug-likeness (QED) is 0.355. The van der Waals surface area contributed by atoms with E-state index in [1.54, 1.807) is 0 Å². The Kier molecular flexibility index (Phi) is 3.40. The molecule has 1 aromatic carbocycles. The summed E-state index contributed by atoms with van der Waals surface area (Å²) >= 11 is 6.42. The first kappa shape index (κ1) is 15.9. The van der Waals surface area contributed by atoms with Crippen LogP contribution in [0.3, 0.4) is 0 Å². The largest absolute Gasteiger partial charge is 0.454 e. The van der Waals surface area contributed by atoms with Crippen molar-refractivity contribution >= 4 is 11.6 Å². The number of benzene rings is 1. The third-order valence-electron chi connectivity index (χ3n) is 6.31. The van der Waals surface area contributed by atoms with Gasteiger partial charge in [-0.25, -0.2) is 0 Å². The van der Waals surface area contributed by atoms with Gasteiger partial charge in [0.2, 0.25) is 6.79 Å². The number of rotatable bonds is 2. The van der Waals surface area contributed by atoms with E-state index in [1.807, 2.05) is 12.1 Å². The minimum atomic E-state index is -0.819. The molecule has 0 spiro atoms. The number of quaternary nitrogens is 1. The van der Waals surface area contributed by atoms with E-state index >= 15 is 0 Å². The highest BCUT2D eigenvalue weighted by molar-refractivity contribution is 6.17. The molecule has 5 rings (SSSR count). The summed E-state index contributed by atoms with van der Waals surface area (Å²) in [5, 5.41) is 21.8. The van der Waals surface area contributed by atoms with Crippen LogP contribution >= 0.6 is 11.6 Å². The number of methoxy groups -OCH3 is 1. The van der Waals surface area contributed by atoms with Crippen molar-refractivity contribution in [3.8, 4) is 11.5 Å². The summed E-state index contributed by atoms with van der Waals surface area (Å²) < 4.78 is 17.1. The number of hydrogen-bond acceptors (Lipinski definition) is 5. The van der Waals surface area contributed by atoms with Crippen molar-refractivity contribution in [2.24, 2.45) is 0 Å². The van der Waals surface area contributed by atoms with Crippen LogP contribution in [0.2, 0.25) is 0 Å². The Labute approximate surface area is 150 Å². The number of ether oxygens (including phenoxy) is 3. The van der Waals surface area contributed by atoms with Crippen molar-refractivity contribution in [1.29, 1.82) is 0 Å². The maximum Gasteiger partial charge on any atom is 0.231 e. The van der Waals surface area contributed by atoms with Gasteiger partial charge in [0.15, 0.2) is 17.5 Å². The van der Waals surface area contributed by atoms with Crippen molar-refractivity contribution in [2.45, 2.75) is 36.8 Å². The topological polar surface area (TPSA) is 68.2 Å². The Morgan fingerprint density at radius 1 is 1.28 bits per heavy atom. The zero-order valence-corrected chi connectivity index (χ0v) is 14.6. The summed E-state index contributed by atoms with van der Waals surface area (Å²) in [6.45, 7) is 1.71. The highest BCUT2D eigenvalue weighted by Gasteiger charge is 2.61. The molecule has 25 heavy (non-hydrogen) atoms. The Morgan fingerprint density at radius 2 is 2.04 bits per heavy atom. The molecule has 0 radical (unpaired) electrons. The summed E-state index contributed by atoms with van der Waals surface area (Å²) in [4.78, 5) is 0. The van der Waals surface area contributed by atoms with Crippen LogP contribution in [-0.4, -0.2) is 65.5 Å². The molecule has 6 atom stereocenters. The SMILES string of the molecule is CO[C@@H]1[C@@H](O)[C@H]2c3cc4c(cc3C[N+]3(CCl)CC=C([C@H]1O)[C@H]23)OCO4. The van der Waals surface area contributed by atoms with E-state index in [0.29, 0.717) is 16.2 Å². The number of nitrogens with zero attached hydrogens (tertiary/aromatic N) is 1. The fourth-order valence-corrected chi connectivity index (χ4v) is 5.52. The molecule has 1 fully saturated rings. The van der Waals surface area contributed by atoms with Crippen LogP contribution in [0.25, 0.3) is 0 Å². The molecule has 1 aromatic rings. The van der Waals surface area contributed by atoms with Crippen molar-refractivity contribution in [2.75, 3.05) is 26.5 Å². The fourth-order valence-electron chi connectivity index (χ4n) is 5.19. The number of fused-ring (bicyclic) bond motifs is 3. The summed E-state index contributed by atoms with van der Waals surface area (Å²) in [6, 6.07) is 4.37. The maximum atomic E-state index is 11.1. The molecule has 1 saturated carbocycles. The minimum Gasteiger partial charge on any atom is -0.454 e. The molecule has 0 bridgehead atoms. The van der Waals surface area contributed by atoms with Gasteiger partial charge >= 0.3 is 0 Å². The molecule has 4 aliphatic rings. The van der Waals surface area contributed by atoms with Gasteiger partial charge in [0.25, 0.3) is 0 Å². The number of alkyl halides is 1. The molecule has 0 saturated heterocycles. The lowest BCUT2D eigenvalue weighted by molar-refractivity contribution is -0.943. The summed E-state index contributed by atoms with van der Waals surface area (Å²) in [7, 11) is 1.53. The number of halogens is 1. The molecule has 1 unspecified atom stereocenters. The van der Waals surface area contributed by atoms with E-state index in [9.17, 15) is 10.2 Å². The second-order valence-corrected chi connectivity index (χ2v) is 7.63. The van der Waals surface area contributed by atoms with Gasteiger partial charge in [-0.3, -0.25) is 4.48 Å². The Balaban J connectivity index is 1.71. The predicted octanol–water partition coefficient (Wildman–Crippen LogP) is 1.08. The van der Waals surface area contributed by atoms with E-state index in [1.165, 1.54) is 7.11 Å². The van der Waals surface area contributed by atoms with E-state index < -0.39 is 18.3 Å². The smallest absolute Gasteiger partial charge is 0.231 e. The molecular weight excluding hydrogens is 346 g/mol. The van der Waals surface area contributed by atoms with Gasteiger partial charge in [0.1, 0.15) is 24.8 Å². The summed E-state index contributed by atoms with van der Waals surface area (Å²) in [5.41, 5.74) is 3.10. The third-order valence-corrected chi connectivity index (χ3v) is 6.78. The first-order chi connectivity index (χ1) is 12.1. The molecule has 3 aliphatic heterocycles. The van der Waals surface area contributed by atoms with Gasteiger partial charge in [-0.1, -0.05) is 11.6 Å². The highest BCUT2D eigenvalue weighted by atomic mass is 35.5.